The van der Waals surface area contributed by atoms with Gasteiger partial charge in [-0.1, -0.05) is 17.0 Å². The normalized spacial score (nSPS) is 27.4. The third kappa shape index (κ3) is 6.33. The fraction of sp³-hybridized carbons (Fsp3) is 0.600. The maximum atomic E-state index is 13.2. The summed E-state index contributed by atoms with van der Waals surface area (Å²) in [5, 5.41) is 6.19. The van der Waals surface area contributed by atoms with Crippen molar-refractivity contribution in [1.29, 1.82) is 0 Å². The lowest BCUT2D eigenvalue weighted by molar-refractivity contribution is -0.136. The number of rotatable bonds is 4. The molecule has 1 N–H and O–H groups in total. The first kappa shape index (κ1) is 28.5. The van der Waals surface area contributed by atoms with E-state index >= 15 is 0 Å². The lowest BCUT2D eigenvalue weighted by Gasteiger charge is -2.46. The SMILES string of the molecule is CC(C)(C)OC(=O)N(C1CCC(N=[N+]=[N-])CC1)C1CC(C#Cc2ccc3c(c2)CN(C2CCC(=O)NC2=O)C3=O)C1. The van der Waals surface area contributed by atoms with Gasteiger partial charge in [-0.2, -0.15) is 0 Å². The molecule has 0 bridgehead atoms. The molecule has 1 saturated heterocycles. The highest BCUT2D eigenvalue weighted by Crippen LogP contribution is 2.37. The van der Waals surface area contributed by atoms with Crippen LogP contribution >= 0.6 is 0 Å². The number of hydrogen-bond donors (Lipinski definition) is 1. The molecule has 1 atom stereocenters. The van der Waals surface area contributed by atoms with Gasteiger partial charge in [-0.3, -0.25) is 19.7 Å². The number of ether oxygens (including phenoxy) is 1. The zero-order valence-electron chi connectivity index (χ0n) is 23.8. The van der Waals surface area contributed by atoms with Crippen molar-refractivity contribution in [2.75, 3.05) is 0 Å². The van der Waals surface area contributed by atoms with Crippen LogP contribution in [0.5, 0.6) is 0 Å². The highest BCUT2D eigenvalue weighted by atomic mass is 16.6. The zero-order chi connectivity index (χ0) is 29.3. The average Bonchev–Trinajstić information content (AvgIpc) is 3.20. The molecular weight excluding hydrogens is 524 g/mol. The molecule has 11 heteroatoms. The van der Waals surface area contributed by atoms with E-state index in [1.165, 1.54) is 4.90 Å². The smallest absolute Gasteiger partial charge is 0.410 e. The Labute approximate surface area is 239 Å². The fourth-order valence-corrected chi connectivity index (χ4v) is 6.21. The highest BCUT2D eigenvalue weighted by molar-refractivity contribution is 6.05. The average molecular weight is 561 g/mol. The minimum Gasteiger partial charge on any atom is -0.444 e. The summed E-state index contributed by atoms with van der Waals surface area (Å²) < 4.78 is 5.76. The second-order valence-corrected chi connectivity index (χ2v) is 12.4. The van der Waals surface area contributed by atoms with Crippen LogP contribution in [0.3, 0.4) is 0 Å². The van der Waals surface area contributed by atoms with Gasteiger partial charge in [0.05, 0.1) is 0 Å². The Hall–Kier alpha value is -4.03. The minimum atomic E-state index is -0.643. The van der Waals surface area contributed by atoms with Crippen LogP contribution in [-0.2, 0) is 20.9 Å². The van der Waals surface area contributed by atoms with E-state index in [2.05, 4.69) is 27.2 Å². The molecule has 5 rings (SSSR count). The molecule has 1 aromatic carbocycles. The second kappa shape index (κ2) is 11.5. The number of carbonyl (C=O) groups is 4. The quantitative estimate of drug-likeness (QED) is 0.190. The van der Waals surface area contributed by atoms with E-state index in [9.17, 15) is 19.2 Å². The number of hydrogen-bond acceptors (Lipinski definition) is 6. The molecule has 0 aromatic heterocycles. The number of azide groups is 1. The molecule has 2 aliphatic carbocycles. The summed E-state index contributed by atoms with van der Waals surface area (Å²) in [5.74, 6) is 5.78. The van der Waals surface area contributed by atoms with Gasteiger partial charge in [0.2, 0.25) is 11.8 Å². The van der Waals surface area contributed by atoms with Crippen molar-refractivity contribution in [3.8, 4) is 11.8 Å². The number of nitrogens with one attached hydrogen (secondary N) is 1. The van der Waals surface area contributed by atoms with Crippen molar-refractivity contribution in [3.05, 3.63) is 45.3 Å². The number of amides is 4. The molecule has 1 unspecified atom stereocenters. The van der Waals surface area contributed by atoms with Crippen LogP contribution < -0.4 is 5.32 Å². The molecular formula is C30H36N6O5. The summed E-state index contributed by atoms with van der Waals surface area (Å²) in [6.07, 6.45) is 4.83. The first-order valence-corrected chi connectivity index (χ1v) is 14.4. The summed E-state index contributed by atoms with van der Waals surface area (Å²) in [6, 6.07) is 4.92. The molecule has 2 heterocycles. The predicted octanol–water partition coefficient (Wildman–Crippen LogP) is 4.44. The largest absolute Gasteiger partial charge is 0.444 e. The maximum Gasteiger partial charge on any atom is 0.410 e. The van der Waals surface area contributed by atoms with Gasteiger partial charge in [-0.25, -0.2) is 4.79 Å². The second-order valence-electron chi connectivity index (χ2n) is 12.4. The lowest BCUT2D eigenvalue weighted by Crippen LogP contribution is -2.54. The Kier molecular flexibility index (Phi) is 7.96. The van der Waals surface area contributed by atoms with Crippen LogP contribution in [-0.4, -0.2) is 63.4 Å². The fourth-order valence-electron chi connectivity index (χ4n) is 6.21. The van der Waals surface area contributed by atoms with Gasteiger partial charge in [0, 0.05) is 53.0 Å². The summed E-state index contributed by atoms with van der Waals surface area (Å²) in [4.78, 5) is 56.3. The number of benzene rings is 1. The molecule has 3 fully saturated rings. The minimum absolute atomic E-state index is 0.0181. The number of nitrogens with zero attached hydrogens (tertiary/aromatic N) is 5. The topological polar surface area (TPSA) is 145 Å². The van der Waals surface area contributed by atoms with E-state index in [0.29, 0.717) is 18.5 Å². The van der Waals surface area contributed by atoms with Crippen molar-refractivity contribution in [2.24, 2.45) is 11.0 Å². The number of piperidine rings is 1. The first-order chi connectivity index (χ1) is 19.5. The van der Waals surface area contributed by atoms with Crippen LogP contribution in [0.25, 0.3) is 10.4 Å². The van der Waals surface area contributed by atoms with Crippen LogP contribution in [0.4, 0.5) is 4.79 Å². The number of imide groups is 1. The number of carbonyl (C=O) groups excluding carboxylic acids is 4. The Morgan fingerprint density at radius 2 is 1.85 bits per heavy atom. The zero-order valence-corrected chi connectivity index (χ0v) is 23.8. The third-order valence-corrected chi connectivity index (χ3v) is 8.33. The van der Waals surface area contributed by atoms with Crippen molar-refractivity contribution < 1.29 is 23.9 Å². The molecule has 0 radical (unpaired) electrons. The van der Waals surface area contributed by atoms with E-state index in [0.717, 1.165) is 49.7 Å². The van der Waals surface area contributed by atoms with Gasteiger partial charge in [0.1, 0.15) is 11.6 Å². The molecule has 4 aliphatic rings. The van der Waals surface area contributed by atoms with Crippen LogP contribution in [0.15, 0.2) is 23.3 Å². The van der Waals surface area contributed by atoms with E-state index in [1.807, 2.05) is 37.8 Å². The molecule has 0 spiro atoms. The highest BCUT2D eigenvalue weighted by Gasteiger charge is 2.42. The Morgan fingerprint density at radius 3 is 2.51 bits per heavy atom. The van der Waals surface area contributed by atoms with Crippen molar-refractivity contribution >= 4 is 23.8 Å². The van der Waals surface area contributed by atoms with Gasteiger partial charge < -0.3 is 14.5 Å². The standard InChI is InChI=1S/C30H36N6O5/c1-30(2,3)41-29(40)36(22-9-7-21(8-10-22)33-34-31)23-15-19(16-23)5-4-18-6-11-24-20(14-18)17-35(28(24)39)25-12-13-26(37)32-27(25)38/h6,11,14,19,21-23,25H,7-10,12-13,15-17H2,1-3H3,(H,32,37,38). The van der Waals surface area contributed by atoms with Crippen molar-refractivity contribution in [1.82, 2.24) is 15.1 Å². The number of fused-ring (bicyclic) bond motifs is 1. The maximum absolute atomic E-state index is 13.2. The molecule has 11 nitrogen and oxygen atoms in total. The van der Waals surface area contributed by atoms with Crippen molar-refractivity contribution in [3.63, 3.8) is 0 Å². The van der Waals surface area contributed by atoms with E-state index in [4.69, 9.17) is 10.3 Å². The van der Waals surface area contributed by atoms with Crippen LogP contribution in [0, 0.1) is 17.8 Å². The van der Waals surface area contributed by atoms with Gasteiger partial charge >= 0.3 is 6.09 Å². The monoisotopic (exact) mass is 560 g/mol. The summed E-state index contributed by atoms with van der Waals surface area (Å²) in [7, 11) is 0. The lowest BCUT2D eigenvalue weighted by atomic mass is 9.78. The Balaban J connectivity index is 1.22. The van der Waals surface area contributed by atoms with Crippen LogP contribution in [0.1, 0.15) is 93.6 Å². The van der Waals surface area contributed by atoms with Gasteiger partial charge in [0.15, 0.2) is 0 Å². The summed E-state index contributed by atoms with van der Waals surface area (Å²) in [6.45, 7) is 5.91. The van der Waals surface area contributed by atoms with E-state index < -0.39 is 17.6 Å². The molecule has 1 aromatic rings. The Bertz CT molecular complexity index is 1350. The molecule has 2 saturated carbocycles. The molecule has 4 amide bonds. The first-order valence-electron chi connectivity index (χ1n) is 14.4. The van der Waals surface area contributed by atoms with Crippen molar-refractivity contribution in [2.45, 2.75) is 108 Å². The van der Waals surface area contributed by atoms with E-state index in [-0.39, 0.29) is 48.4 Å². The summed E-state index contributed by atoms with van der Waals surface area (Å²) in [5.41, 5.74) is 10.4. The molecule has 2 aliphatic heterocycles. The Morgan fingerprint density at radius 1 is 1.12 bits per heavy atom. The third-order valence-electron chi connectivity index (χ3n) is 8.33. The molecule has 41 heavy (non-hydrogen) atoms. The van der Waals surface area contributed by atoms with E-state index in [1.54, 1.807) is 6.07 Å². The van der Waals surface area contributed by atoms with Gasteiger partial charge in [-0.05, 0) is 95.0 Å². The molecule has 216 valence electrons. The van der Waals surface area contributed by atoms with Gasteiger partial charge in [0.25, 0.3) is 5.91 Å². The summed E-state index contributed by atoms with van der Waals surface area (Å²) >= 11 is 0. The predicted molar refractivity (Wildman–Crippen MR) is 149 cm³/mol. The van der Waals surface area contributed by atoms with Gasteiger partial charge in [-0.15, -0.1) is 0 Å². The van der Waals surface area contributed by atoms with Crippen LogP contribution in [0.2, 0.25) is 0 Å².